The van der Waals surface area contributed by atoms with E-state index < -0.39 is 11.8 Å². The highest BCUT2D eigenvalue weighted by Gasteiger charge is 2.16. The molecule has 0 saturated carbocycles. The van der Waals surface area contributed by atoms with Crippen LogP contribution in [0.25, 0.3) is 0 Å². The number of primary amides is 1. The van der Waals surface area contributed by atoms with Crippen molar-refractivity contribution in [3.05, 3.63) is 0 Å². The van der Waals surface area contributed by atoms with Crippen LogP contribution in [0.5, 0.6) is 0 Å². The maximum Gasteiger partial charge on any atom is 0.318 e. The van der Waals surface area contributed by atoms with E-state index in [-0.39, 0.29) is 13.0 Å². The van der Waals surface area contributed by atoms with Crippen molar-refractivity contribution < 1.29 is 14.4 Å². The van der Waals surface area contributed by atoms with Crippen LogP contribution in [0.4, 0.5) is 0 Å². The number of nitrogens with two attached hydrogens (primary N) is 2. The molecule has 6 heteroatoms. The Bertz CT molecular complexity index is 192. The Balaban J connectivity index is 4.05. The summed E-state index contributed by atoms with van der Waals surface area (Å²) in [6.45, 7) is 0.470. The summed E-state index contributed by atoms with van der Waals surface area (Å²) >= 11 is 0. The molecule has 0 atom stereocenters. The Morgan fingerprint density at radius 3 is 2.33 bits per heavy atom. The Morgan fingerprint density at radius 2 is 2.00 bits per heavy atom. The largest absolute Gasteiger partial charge is 0.361 e. The molecule has 0 fully saturated rings. The standard InChI is InChI=1S/C6H11N3O3/c7-2-1-3-9(4-10)6(12)5(8)11/h4H,1-3,7H2,(H2,8,11). The van der Waals surface area contributed by atoms with Crippen molar-refractivity contribution >= 4 is 18.2 Å². The van der Waals surface area contributed by atoms with Gasteiger partial charge in [0.05, 0.1) is 0 Å². The zero-order valence-electron chi connectivity index (χ0n) is 6.53. The molecular weight excluding hydrogens is 162 g/mol. The van der Waals surface area contributed by atoms with Crippen LogP contribution in [0.15, 0.2) is 0 Å². The van der Waals surface area contributed by atoms with E-state index in [4.69, 9.17) is 5.73 Å². The molecule has 0 saturated heterocycles. The van der Waals surface area contributed by atoms with Crippen molar-refractivity contribution in [1.82, 2.24) is 4.90 Å². The topological polar surface area (TPSA) is 106 Å². The highest BCUT2D eigenvalue weighted by Crippen LogP contribution is 1.87. The summed E-state index contributed by atoms with van der Waals surface area (Å²) in [5, 5.41) is 0. The van der Waals surface area contributed by atoms with Crippen LogP contribution in [-0.4, -0.2) is 36.2 Å². The molecule has 0 heterocycles. The number of amides is 3. The minimum absolute atomic E-state index is 0.127. The first-order chi connectivity index (χ1) is 5.63. The summed E-state index contributed by atoms with van der Waals surface area (Å²) in [4.78, 5) is 32.0. The molecule has 0 radical (unpaired) electrons. The summed E-state index contributed by atoms with van der Waals surface area (Å²) < 4.78 is 0. The van der Waals surface area contributed by atoms with Crippen LogP contribution in [0.3, 0.4) is 0 Å². The Labute approximate surface area is 69.5 Å². The minimum Gasteiger partial charge on any atom is -0.361 e. The molecule has 0 aliphatic carbocycles. The maximum absolute atomic E-state index is 10.8. The van der Waals surface area contributed by atoms with Gasteiger partial charge in [-0.2, -0.15) is 0 Å². The number of carbonyl (C=O) groups excluding carboxylic acids is 3. The number of hydrogen-bond donors (Lipinski definition) is 2. The molecule has 3 amide bonds. The molecule has 12 heavy (non-hydrogen) atoms. The Kier molecular flexibility index (Phi) is 4.62. The fourth-order valence-electron chi connectivity index (χ4n) is 0.605. The zero-order chi connectivity index (χ0) is 9.56. The van der Waals surface area contributed by atoms with Gasteiger partial charge in [0.15, 0.2) is 0 Å². The molecule has 0 spiro atoms. The lowest BCUT2D eigenvalue weighted by atomic mass is 10.4. The first-order valence-corrected chi connectivity index (χ1v) is 3.39. The molecule has 0 rings (SSSR count). The van der Waals surface area contributed by atoms with Crippen LogP contribution in [0.2, 0.25) is 0 Å². The van der Waals surface area contributed by atoms with Gasteiger partial charge in [0, 0.05) is 6.54 Å². The predicted molar refractivity (Wildman–Crippen MR) is 40.6 cm³/mol. The van der Waals surface area contributed by atoms with Crippen molar-refractivity contribution in [2.45, 2.75) is 6.42 Å². The summed E-state index contributed by atoms with van der Waals surface area (Å²) in [6.07, 6.45) is 0.723. The summed E-state index contributed by atoms with van der Waals surface area (Å²) in [5.74, 6) is -2.14. The molecular formula is C6H11N3O3. The number of rotatable bonds is 4. The lowest BCUT2D eigenvalue weighted by Crippen LogP contribution is -2.40. The fraction of sp³-hybridized carbons (Fsp3) is 0.500. The number of hydrogen-bond acceptors (Lipinski definition) is 4. The lowest BCUT2D eigenvalue weighted by Gasteiger charge is -2.11. The van der Waals surface area contributed by atoms with Crippen LogP contribution in [-0.2, 0) is 14.4 Å². The monoisotopic (exact) mass is 173 g/mol. The molecule has 4 N–H and O–H groups in total. The summed E-state index contributed by atoms with van der Waals surface area (Å²) in [5.41, 5.74) is 9.80. The van der Waals surface area contributed by atoms with Crippen molar-refractivity contribution in [2.75, 3.05) is 13.1 Å². The van der Waals surface area contributed by atoms with E-state index >= 15 is 0 Å². The molecule has 0 aromatic carbocycles. The smallest absolute Gasteiger partial charge is 0.318 e. The second-order valence-corrected chi connectivity index (χ2v) is 2.11. The van der Waals surface area contributed by atoms with E-state index in [1.807, 2.05) is 0 Å². The molecule has 0 aliphatic rings. The quantitative estimate of drug-likeness (QED) is 0.371. The molecule has 0 aliphatic heterocycles. The normalized spacial score (nSPS) is 9.08. The predicted octanol–water partition coefficient (Wildman–Crippen LogP) is -2.19. The third kappa shape index (κ3) is 3.11. The average Bonchev–Trinajstić information content (AvgIpc) is 2.05. The Hall–Kier alpha value is -1.43. The lowest BCUT2D eigenvalue weighted by molar-refractivity contribution is -0.147. The fourth-order valence-corrected chi connectivity index (χ4v) is 0.605. The van der Waals surface area contributed by atoms with Gasteiger partial charge in [-0.25, -0.2) is 0 Å². The van der Waals surface area contributed by atoms with Gasteiger partial charge in [0.1, 0.15) is 0 Å². The van der Waals surface area contributed by atoms with Crippen molar-refractivity contribution in [3.8, 4) is 0 Å². The highest BCUT2D eigenvalue weighted by atomic mass is 16.2. The van der Waals surface area contributed by atoms with E-state index in [1.54, 1.807) is 0 Å². The van der Waals surface area contributed by atoms with Gasteiger partial charge in [0.2, 0.25) is 6.41 Å². The van der Waals surface area contributed by atoms with Crippen LogP contribution >= 0.6 is 0 Å². The molecule has 0 aromatic heterocycles. The SMILES string of the molecule is NCCCN(C=O)C(=O)C(N)=O. The third-order valence-electron chi connectivity index (χ3n) is 1.20. The highest BCUT2D eigenvalue weighted by molar-refractivity contribution is 6.36. The van der Waals surface area contributed by atoms with Crippen LogP contribution in [0, 0.1) is 0 Å². The molecule has 0 unspecified atom stereocenters. The second kappa shape index (κ2) is 5.25. The number of nitrogens with zero attached hydrogens (tertiary/aromatic N) is 1. The number of carbonyl (C=O) groups is 3. The maximum atomic E-state index is 10.8. The van der Waals surface area contributed by atoms with Gasteiger partial charge in [-0.1, -0.05) is 0 Å². The Morgan fingerprint density at radius 1 is 1.42 bits per heavy atom. The molecule has 68 valence electrons. The number of imide groups is 1. The van der Waals surface area contributed by atoms with Crippen LogP contribution < -0.4 is 11.5 Å². The van der Waals surface area contributed by atoms with E-state index in [9.17, 15) is 14.4 Å². The first-order valence-electron chi connectivity index (χ1n) is 3.39. The van der Waals surface area contributed by atoms with E-state index in [0.717, 1.165) is 0 Å². The summed E-state index contributed by atoms with van der Waals surface area (Å²) in [7, 11) is 0. The summed E-state index contributed by atoms with van der Waals surface area (Å²) in [6, 6.07) is 0. The van der Waals surface area contributed by atoms with Gasteiger partial charge >= 0.3 is 11.8 Å². The molecule has 6 nitrogen and oxygen atoms in total. The average molecular weight is 173 g/mol. The molecule has 0 aromatic rings. The minimum atomic E-state index is -1.14. The third-order valence-corrected chi connectivity index (χ3v) is 1.20. The van der Waals surface area contributed by atoms with Crippen molar-refractivity contribution in [3.63, 3.8) is 0 Å². The van der Waals surface area contributed by atoms with E-state index in [2.05, 4.69) is 5.73 Å². The molecule has 0 bridgehead atoms. The zero-order valence-corrected chi connectivity index (χ0v) is 6.53. The van der Waals surface area contributed by atoms with Crippen LogP contribution in [0.1, 0.15) is 6.42 Å². The van der Waals surface area contributed by atoms with Crippen molar-refractivity contribution in [2.24, 2.45) is 11.5 Å². The van der Waals surface area contributed by atoms with Crippen molar-refractivity contribution in [1.29, 1.82) is 0 Å². The first kappa shape index (κ1) is 10.6. The van der Waals surface area contributed by atoms with E-state index in [0.29, 0.717) is 17.9 Å². The van der Waals surface area contributed by atoms with Gasteiger partial charge in [-0.05, 0) is 13.0 Å². The van der Waals surface area contributed by atoms with E-state index in [1.165, 1.54) is 0 Å². The van der Waals surface area contributed by atoms with Gasteiger partial charge in [0.25, 0.3) is 0 Å². The van der Waals surface area contributed by atoms with Gasteiger partial charge in [-0.3, -0.25) is 19.3 Å². The second-order valence-electron chi connectivity index (χ2n) is 2.11. The van der Waals surface area contributed by atoms with Gasteiger partial charge < -0.3 is 11.5 Å². The van der Waals surface area contributed by atoms with Gasteiger partial charge in [-0.15, -0.1) is 0 Å².